The van der Waals surface area contributed by atoms with E-state index in [1.165, 1.54) is 0 Å². The quantitative estimate of drug-likeness (QED) is 0.901. The summed E-state index contributed by atoms with van der Waals surface area (Å²) in [6, 6.07) is 17.0. The van der Waals surface area contributed by atoms with Crippen LogP contribution in [0.1, 0.15) is 28.8 Å². The van der Waals surface area contributed by atoms with Gasteiger partial charge in [0.25, 0.3) is 5.91 Å². The maximum Gasteiger partial charge on any atom is 0.255 e. The number of anilines is 1. The van der Waals surface area contributed by atoms with Crippen LogP contribution < -0.4 is 5.32 Å². The van der Waals surface area contributed by atoms with Crippen molar-refractivity contribution in [3.05, 3.63) is 65.7 Å². The summed E-state index contributed by atoms with van der Waals surface area (Å²) in [6.07, 6.45) is 1.92. The topological polar surface area (TPSA) is 52.7 Å². The van der Waals surface area contributed by atoms with Crippen molar-refractivity contribution in [2.24, 2.45) is 0 Å². The Bertz CT molecular complexity index is 774. The van der Waals surface area contributed by atoms with Gasteiger partial charge in [-0.15, -0.1) is 0 Å². The van der Waals surface area contributed by atoms with Crippen LogP contribution in [0.15, 0.2) is 54.6 Å². The number of hydrogen-bond acceptors (Lipinski definition) is 3. The van der Waals surface area contributed by atoms with Crippen LogP contribution in [-0.4, -0.2) is 48.3 Å². The number of likely N-dealkylation sites (N-methyl/N-ethyl adjacent to an activating group) is 1. The molecule has 1 heterocycles. The number of nitrogens with zero attached hydrogens (tertiary/aromatic N) is 2. The minimum absolute atomic E-state index is 0.0631. The SMILES string of the molecule is CN(C)C(=O)C1CCCN1Cc1cccc(C(=O)Nc2ccccc2)c1. The second-order valence-electron chi connectivity index (χ2n) is 6.88. The number of amides is 2. The summed E-state index contributed by atoms with van der Waals surface area (Å²) in [5, 5.41) is 2.91. The highest BCUT2D eigenvalue weighted by Crippen LogP contribution is 2.22. The van der Waals surface area contributed by atoms with Gasteiger partial charge in [0.1, 0.15) is 0 Å². The van der Waals surface area contributed by atoms with Crippen molar-refractivity contribution in [1.29, 1.82) is 0 Å². The van der Waals surface area contributed by atoms with Crippen molar-refractivity contribution in [2.45, 2.75) is 25.4 Å². The van der Waals surface area contributed by atoms with Gasteiger partial charge in [-0.05, 0) is 49.2 Å². The smallest absolute Gasteiger partial charge is 0.255 e. The highest BCUT2D eigenvalue weighted by atomic mass is 16.2. The predicted octanol–water partition coefficient (Wildman–Crippen LogP) is 2.99. The Morgan fingerprint density at radius 2 is 1.88 bits per heavy atom. The molecule has 0 aliphatic carbocycles. The summed E-state index contributed by atoms with van der Waals surface area (Å²) in [7, 11) is 3.60. The van der Waals surface area contributed by atoms with Gasteiger partial charge in [0.05, 0.1) is 6.04 Å². The van der Waals surface area contributed by atoms with Crippen LogP contribution in [0.4, 0.5) is 5.69 Å². The summed E-state index contributed by atoms with van der Waals surface area (Å²) >= 11 is 0. The molecule has 26 heavy (non-hydrogen) atoms. The molecule has 1 saturated heterocycles. The largest absolute Gasteiger partial charge is 0.347 e. The van der Waals surface area contributed by atoms with Crippen LogP contribution in [0.5, 0.6) is 0 Å². The molecule has 5 nitrogen and oxygen atoms in total. The fourth-order valence-electron chi connectivity index (χ4n) is 3.36. The van der Waals surface area contributed by atoms with Crippen LogP contribution in [0.3, 0.4) is 0 Å². The minimum Gasteiger partial charge on any atom is -0.347 e. The molecule has 2 amide bonds. The first kappa shape index (κ1) is 18.1. The third-order valence-corrected chi connectivity index (χ3v) is 4.70. The molecule has 2 aromatic carbocycles. The van der Waals surface area contributed by atoms with Gasteiger partial charge >= 0.3 is 0 Å². The molecule has 136 valence electrons. The number of benzene rings is 2. The second-order valence-corrected chi connectivity index (χ2v) is 6.88. The first-order valence-electron chi connectivity index (χ1n) is 8.95. The second kappa shape index (κ2) is 8.15. The van der Waals surface area contributed by atoms with Gasteiger partial charge in [0, 0.05) is 31.9 Å². The summed E-state index contributed by atoms with van der Waals surface area (Å²) in [4.78, 5) is 28.7. The first-order chi connectivity index (χ1) is 12.5. The molecule has 3 rings (SSSR count). The van der Waals surface area contributed by atoms with E-state index in [1.54, 1.807) is 19.0 Å². The molecule has 0 spiro atoms. The van der Waals surface area contributed by atoms with Crippen molar-refractivity contribution in [2.75, 3.05) is 26.0 Å². The number of likely N-dealkylation sites (tertiary alicyclic amines) is 1. The van der Waals surface area contributed by atoms with Gasteiger partial charge in [-0.25, -0.2) is 0 Å². The van der Waals surface area contributed by atoms with Gasteiger partial charge in [0.15, 0.2) is 0 Å². The fourth-order valence-corrected chi connectivity index (χ4v) is 3.36. The Morgan fingerprint density at radius 1 is 1.12 bits per heavy atom. The average Bonchev–Trinajstić information content (AvgIpc) is 3.10. The Morgan fingerprint density at radius 3 is 2.62 bits per heavy atom. The number of hydrogen-bond donors (Lipinski definition) is 1. The minimum atomic E-state index is -0.125. The van der Waals surface area contributed by atoms with E-state index in [-0.39, 0.29) is 17.9 Å². The van der Waals surface area contributed by atoms with E-state index >= 15 is 0 Å². The van der Waals surface area contributed by atoms with E-state index in [0.717, 1.165) is 30.6 Å². The first-order valence-corrected chi connectivity index (χ1v) is 8.95. The highest BCUT2D eigenvalue weighted by Gasteiger charge is 2.31. The molecule has 2 aromatic rings. The Kier molecular flexibility index (Phi) is 5.68. The van der Waals surface area contributed by atoms with E-state index in [9.17, 15) is 9.59 Å². The maximum atomic E-state index is 12.5. The standard InChI is InChI=1S/C21H25N3O2/c1-23(2)21(26)19-12-7-13-24(19)15-16-8-6-9-17(14-16)20(25)22-18-10-4-3-5-11-18/h3-6,8-11,14,19H,7,12-13,15H2,1-2H3,(H,22,25). The van der Waals surface area contributed by atoms with E-state index in [4.69, 9.17) is 0 Å². The molecule has 1 aliphatic heterocycles. The lowest BCUT2D eigenvalue weighted by molar-refractivity contribution is -0.133. The summed E-state index contributed by atoms with van der Waals surface area (Å²) in [5.74, 6) is 0.0286. The van der Waals surface area contributed by atoms with Crippen molar-refractivity contribution < 1.29 is 9.59 Å². The van der Waals surface area contributed by atoms with Crippen molar-refractivity contribution in [3.63, 3.8) is 0 Å². The van der Waals surface area contributed by atoms with E-state index in [2.05, 4.69) is 10.2 Å². The van der Waals surface area contributed by atoms with Crippen LogP contribution in [0.2, 0.25) is 0 Å². The normalized spacial score (nSPS) is 17.1. The van der Waals surface area contributed by atoms with E-state index in [0.29, 0.717) is 12.1 Å². The monoisotopic (exact) mass is 351 g/mol. The van der Waals surface area contributed by atoms with Gasteiger partial charge in [-0.3, -0.25) is 14.5 Å². The summed E-state index contributed by atoms with van der Waals surface area (Å²) in [5.41, 5.74) is 2.45. The molecule has 0 saturated carbocycles. The zero-order chi connectivity index (χ0) is 18.5. The lowest BCUT2D eigenvalue weighted by atomic mass is 10.1. The van der Waals surface area contributed by atoms with Gasteiger partial charge in [-0.1, -0.05) is 30.3 Å². The molecule has 1 unspecified atom stereocenters. The summed E-state index contributed by atoms with van der Waals surface area (Å²) < 4.78 is 0. The molecule has 0 bridgehead atoms. The lowest BCUT2D eigenvalue weighted by Gasteiger charge is -2.26. The van der Waals surface area contributed by atoms with Crippen LogP contribution in [0, 0.1) is 0 Å². The molecule has 0 radical (unpaired) electrons. The average molecular weight is 351 g/mol. The molecule has 1 aliphatic rings. The fraction of sp³-hybridized carbons (Fsp3) is 0.333. The summed E-state index contributed by atoms with van der Waals surface area (Å²) in [6.45, 7) is 1.58. The van der Waals surface area contributed by atoms with Gasteiger partial charge < -0.3 is 10.2 Å². The number of para-hydroxylation sites is 1. The van der Waals surface area contributed by atoms with Gasteiger partial charge in [-0.2, -0.15) is 0 Å². The molecule has 0 aromatic heterocycles. The van der Waals surface area contributed by atoms with Crippen molar-refractivity contribution >= 4 is 17.5 Å². The Labute approximate surface area is 154 Å². The van der Waals surface area contributed by atoms with Crippen LogP contribution in [-0.2, 0) is 11.3 Å². The molecule has 1 N–H and O–H groups in total. The van der Waals surface area contributed by atoms with Crippen molar-refractivity contribution in [3.8, 4) is 0 Å². The van der Waals surface area contributed by atoms with Crippen LogP contribution in [0.25, 0.3) is 0 Å². The number of carbonyl (C=O) groups is 2. The maximum absolute atomic E-state index is 12.5. The highest BCUT2D eigenvalue weighted by molar-refractivity contribution is 6.04. The number of carbonyl (C=O) groups excluding carboxylic acids is 2. The predicted molar refractivity (Wildman–Crippen MR) is 103 cm³/mol. The zero-order valence-corrected chi connectivity index (χ0v) is 15.3. The Balaban J connectivity index is 1.69. The molecule has 1 fully saturated rings. The van der Waals surface area contributed by atoms with E-state index in [1.807, 2.05) is 54.6 Å². The molecule has 1 atom stereocenters. The molecule has 5 heteroatoms. The zero-order valence-electron chi connectivity index (χ0n) is 15.3. The van der Waals surface area contributed by atoms with E-state index < -0.39 is 0 Å². The number of rotatable bonds is 5. The third-order valence-electron chi connectivity index (χ3n) is 4.70. The van der Waals surface area contributed by atoms with Crippen molar-refractivity contribution in [1.82, 2.24) is 9.80 Å². The Hall–Kier alpha value is -2.66. The molecular weight excluding hydrogens is 326 g/mol. The third kappa shape index (κ3) is 4.29. The number of nitrogens with one attached hydrogen (secondary N) is 1. The molecular formula is C21H25N3O2. The van der Waals surface area contributed by atoms with Crippen LogP contribution >= 0.6 is 0 Å². The van der Waals surface area contributed by atoms with Gasteiger partial charge in [0.2, 0.25) is 5.91 Å². The lowest BCUT2D eigenvalue weighted by Crippen LogP contribution is -2.42.